The van der Waals surface area contributed by atoms with Crippen molar-refractivity contribution in [2.45, 2.75) is 23.8 Å². The first-order valence-corrected chi connectivity index (χ1v) is 13.8. The first-order chi connectivity index (χ1) is 17.1. The van der Waals surface area contributed by atoms with Gasteiger partial charge in [-0.25, -0.2) is 8.42 Å². The summed E-state index contributed by atoms with van der Waals surface area (Å²) in [5, 5.41) is 1.25. The number of aromatic amines is 1. The van der Waals surface area contributed by atoms with E-state index in [9.17, 15) is 8.42 Å². The molecule has 0 amide bonds. The Bertz CT molecular complexity index is 1430. The number of nitrogens with one attached hydrogen (secondary N) is 1. The lowest BCUT2D eigenvalue weighted by atomic mass is 9.97. The number of hydrogen-bond donors (Lipinski definition) is 1. The normalized spacial score (nSPS) is 19.1. The van der Waals surface area contributed by atoms with Crippen LogP contribution in [-0.2, 0) is 16.4 Å². The molecule has 1 saturated heterocycles. The van der Waals surface area contributed by atoms with Gasteiger partial charge in [-0.15, -0.1) is 0 Å². The van der Waals surface area contributed by atoms with Gasteiger partial charge in [0.25, 0.3) is 10.0 Å². The van der Waals surface area contributed by atoms with Crippen LogP contribution < -0.4 is 9.21 Å². The molecule has 0 aliphatic carbocycles. The van der Waals surface area contributed by atoms with Crippen molar-refractivity contribution in [3.05, 3.63) is 90.6 Å². The van der Waals surface area contributed by atoms with Crippen LogP contribution >= 0.6 is 0 Å². The summed E-state index contributed by atoms with van der Waals surface area (Å²) >= 11 is 0. The standard InChI is InChI=1S/C28H30N4O2S/c33-35(34,24-8-2-1-3-9-24)32-23(14-13-22-7-4-5-11-27(22)32)21-30-17-19-31(20-18-30)28-12-6-10-26-25(28)15-16-29-26/h1-12,15-16,23,29H,13-14,17-21H2. The molecule has 1 N–H and O–H groups in total. The Morgan fingerprint density at radius 2 is 1.54 bits per heavy atom. The van der Waals surface area contributed by atoms with Gasteiger partial charge in [0.2, 0.25) is 0 Å². The van der Waals surface area contributed by atoms with Gasteiger partial charge in [0, 0.05) is 55.5 Å². The summed E-state index contributed by atoms with van der Waals surface area (Å²) < 4.78 is 29.4. The van der Waals surface area contributed by atoms with Crippen LogP contribution in [0.2, 0.25) is 0 Å². The molecular formula is C28H30N4O2S. The Hall–Kier alpha value is -3.29. The molecule has 2 aliphatic rings. The number of fused-ring (bicyclic) bond motifs is 2. The van der Waals surface area contributed by atoms with Crippen molar-refractivity contribution in [2.24, 2.45) is 0 Å². The molecule has 180 valence electrons. The van der Waals surface area contributed by atoms with Crippen molar-refractivity contribution < 1.29 is 8.42 Å². The maximum Gasteiger partial charge on any atom is 0.264 e. The number of rotatable bonds is 5. The Kier molecular flexibility index (Phi) is 5.74. The number of aromatic nitrogens is 1. The molecule has 3 aromatic carbocycles. The zero-order valence-corrected chi connectivity index (χ0v) is 20.5. The van der Waals surface area contributed by atoms with Crippen molar-refractivity contribution in [2.75, 3.05) is 41.9 Å². The quantitative estimate of drug-likeness (QED) is 0.451. The van der Waals surface area contributed by atoms with Gasteiger partial charge >= 0.3 is 0 Å². The largest absolute Gasteiger partial charge is 0.368 e. The number of benzene rings is 3. The number of H-pyrrole nitrogens is 1. The molecule has 0 spiro atoms. The second-order valence-corrected chi connectivity index (χ2v) is 11.3. The lowest BCUT2D eigenvalue weighted by molar-refractivity contribution is 0.238. The van der Waals surface area contributed by atoms with Gasteiger partial charge in [0.15, 0.2) is 0 Å². The lowest BCUT2D eigenvalue weighted by Crippen LogP contribution is -2.54. The van der Waals surface area contributed by atoms with E-state index in [1.165, 1.54) is 11.1 Å². The molecule has 0 bridgehead atoms. The topological polar surface area (TPSA) is 59.7 Å². The van der Waals surface area contributed by atoms with E-state index in [1.807, 2.05) is 30.5 Å². The smallest absolute Gasteiger partial charge is 0.264 e. The predicted octanol–water partition coefficient (Wildman–Crippen LogP) is 4.50. The molecule has 7 heteroatoms. The summed E-state index contributed by atoms with van der Waals surface area (Å²) in [6.07, 6.45) is 3.72. The average molecular weight is 487 g/mol. The molecule has 1 unspecified atom stereocenters. The maximum absolute atomic E-state index is 13.8. The van der Waals surface area contributed by atoms with Crippen LogP contribution in [0.3, 0.4) is 0 Å². The predicted molar refractivity (Wildman–Crippen MR) is 142 cm³/mol. The van der Waals surface area contributed by atoms with E-state index in [-0.39, 0.29) is 6.04 Å². The summed E-state index contributed by atoms with van der Waals surface area (Å²) in [7, 11) is -3.65. The molecule has 2 aliphatic heterocycles. The molecular weight excluding hydrogens is 456 g/mol. The fourth-order valence-electron chi connectivity index (χ4n) is 5.58. The average Bonchev–Trinajstić information content (AvgIpc) is 3.39. The monoisotopic (exact) mass is 486 g/mol. The first kappa shape index (κ1) is 22.2. The van der Waals surface area contributed by atoms with Gasteiger partial charge in [-0.2, -0.15) is 0 Å². The third-order valence-electron chi connectivity index (χ3n) is 7.36. The number of nitrogens with zero attached hydrogens (tertiary/aromatic N) is 3. The van der Waals surface area contributed by atoms with Gasteiger partial charge in [-0.1, -0.05) is 42.5 Å². The molecule has 35 heavy (non-hydrogen) atoms. The van der Waals surface area contributed by atoms with E-state index in [4.69, 9.17) is 0 Å². The van der Waals surface area contributed by atoms with Crippen LogP contribution in [0.15, 0.2) is 90.0 Å². The van der Waals surface area contributed by atoms with Gasteiger partial charge in [-0.05, 0) is 54.8 Å². The molecule has 0 saturated carbocycles. The molecule has 4 aromatic rings. The van der Waals surface area contributed by atoms with Gasteiger partial charge < -0.3 is 9.88 Å². The second kappa shape index (κ2) is 9.06. The van der Waals surface area contributed by atoms with E-state index in [0.29, 0.717) is 4.90 Å². The Morgan fingerprint density at radius 3 is 2.37 bits per heavy atom. The van der Waals surface area contributed by atoms with Crippen molar-refractivity contribution in [3.63, 3.8) is 0 Å². The van der Waals surface area contributed by atoms with Crippen molar-refractivity contribution >= 4 is 32.3 Å². The zero-order chi connectivity index (χ0) is 23.8. The molecule has 6 rings (SSSR count). The molecule has 1 aromatic heterocycles. The van der Waals surface area contributed by atoms with Crippen LogP contribution in [0.4, 0.5) is 11.4 Å². The number of piperazine rings is 1. The molecule has 1 fully saturated rings. The fraction of sp³-hybridized carbons (Fsp3) is 0.286. The third-order valence-corrected chi connectivity index (χ3v) is 9.24. The van der Waals surface area contributed by atoms with Crippen molar-refractivity contribution in [1.82, 2.24) is 9.88 Å². The minimum Gasteiger partial charge on any atom is -0.368 e. The van der Waals surface area contributed by atoms with Gasteiger partial charge in [0.05, 0.1) is 16.6 Å². The third kappa shape index (κ3) is 4.09. The van der Waals surface area contributed by atoms with Crippen LogP contribution in [-0.4, -0.2) is 57.1 Å². The van der Waals surface area contributed by atoms with Crippen molar-refractivity contribution in [1.29, 1.82) is 0 Å². The number of anilines is 2. The fourth-order valence-corrected chi connectivity index (χ4v) is 7.31. The van der Waals surface area contributed by atoms with E-state index < -0.39 is 10.0 Å². The first-order valence-electron chi connectivity index (χ1n) is 12.3. The Balaban J connectivity index is 1.23. The van der Waals surface area contributed by atoms with Crippen LogP contribution in [0.25, 0.3) is 10.9 Å². The van der Waals surface area contributed by atoms with Crippen LogP contribution in [0, 0.1) is 0 Å². The van der Waals surface area contributed by atoms with Gasteiger partial charge in [-0.3, -0.25) is 9.21 Å². The number of para-hydroxylation sites is 1. The van der Waals surface area contributed by atoms with Crippen LogP contribution in [0.1, 0.15) is 12.0 Å². The minimum atomic E-state index is -3.65. The molecule has 3 heterocycles. The highest BCUT2D eigenvalue weighted by Crippen LogP contribution is 2.36. The summed E-state index contributed by atoms with van der Waals surface area (Å²) in [6.45, 7) is 4.43. The van der Waals surface area contributed by atoms with Crippen LogP contribution in [0.5, 0.6) is 0 Å². The Morgan fingerprint density at radius 1 is 0.800 bits per heavy atom. The summed E-state index contributed by atoms with van der Waals surface area (Å²) in [4.78, 5) is 8.53. The van der Waals surface area contributed by atoms with E-state index in [0.717, 1.165) is 62.3 Å². The minimum absolute atomic E-state index is 0.0882. The van der Waals surface area contributed by atoms with E-state index in [2.05, 4.69) is 45.1 Å². The SMILES string of the molecule is O=S(=O)(c1ccccc1)N1c2ccccc2CCC1CN1CCN(c2cccc3[nH]ccc23)CC1. The molecule has 6 nitrogen and oxygen atoms in total. The summed E-state index contributed by atoms with van der Waals surface area (Å²) in [6, 6.07) is 25.2. The highest BCUT2D eigenvalue weighted by Gasteiger charge is 2.37. The van der Waals surface area contributed by atoms with E-state index in [1.54, 1.807) is 28.6 Å². The van der Waals surface area contributed by atoms with E-state index >= 15 is 0 Å². The maximum atomic E-state index is 13.8. The second-order valence-electron chi connectivity index (χ2n) is 9.44. The lowest BCUT2D eigenvalue weighted by Gasteiger charge is -2.42. The van der Waals surface area contributed by atoms with Crippen molar-refractivity contribution in [3.8, 4) is 0 Å². The molecule has 1 atom stereocenters. The Labute approximate surface area is 206 Å². The molecule has 0 radical (unpaired) electrons. The zero-order valence-electron chi connectivity index (χ0n) is 19.7. The summed E-state index contributed by atoms with van der Waals surface area (Å²) in [5.74, 6) is 0. The highest BCUT2D eigenvalue weighted by molar-refractivity contribution is 7.92. The number of hydrogen-bond acceptors (Lipinski definition) is 4. The number of aryl methyl sites for hydroxylation is 1. The number of sulfonamides is 1. The summed E-state index contributed by atoms with van der Waals surface area (Å²) in [5.41, 5.74) is 4.36. The van der Waals surface area contributed by atoms with Gasteiger partial charge in [0.1, 0.15) is 0 Å². The highest BCUT2D eigenvalue weighted by atomic mass is 32.2.